The lowest BCUT2D eigenvalue weighted by Crippen LogP contribution is -2.52. The molecule has 0 bridgehead atoms. The SMILES string of the molecule is CCC(CC)(C(=O)c1ccccc1C)N1CCCC1. The molecule has 2 nitrogen and oxygen atoms in total. The minimum absolute atomic E-state index is 0.289. The summed E-state index contributed by atoms with van der Waals surface area (Å²) in [5, 5.41) is 0. The second-order valence-corrected chi connectivity index (χ2v) is 5.58. The van der Waals surface area contributed by atoms with Gasteiger partial charge < -0.3 is 0 Å². The first-order valence-corrected chi connectivity index (χ1v) is 7.51. The van der Waals surface area contributed by atoms with Crippen LogP contribution in [0.1, 0.15) is 55.5 Å². The van der Waals surface area contributed by atoms with E-state index < -0.39 is 0 Å². The van der Waals surface area contributed by atoms with Gasteiger partial charge in [-0.2, -0.15) is 0 Å². The molecule has 104 valence electrons. The molecule has 1 aromatic rings. The standard InChI is InChI=1S/C17H25NO/c1-4-17(5-2,18-12-8-9-13-18)16(19)15-11-7-6-10-14(15)3/h6-7,10-11H,4-5,8-9,12-13H2,1-3H3. The van der Waals surface area contributed by atoms with Crippen LogP contribution in [0.3, 0.4) is 0 Å². The number of hydrogen-bond donors (Lipinski definition) is 0. The monoisotopic (exact) mass is 259 g/mol. The smallest absolute Gasteiger partial charge is 0.183 e. The van der Waals surface area contributed by atoms with Crippen molar-refractivity contribution >= 4 is 5.78 Å². The molecule has 2 heteroatoms. The number of ketones is 1. The molecule has 1 fully saturated rings. The summed E-state index contributed by atoms with van der Waals surface area (Å²) in [6, 6.07) is 7.99. The zero-order valence-corrected chi connectivity index (χ0v) is 12.4. The van der Waals surface area contributed by atoms with Crippen molar-refractivity contribution in [2.45, 2.75) is 52.0 Å². The second kappa shape index (κ2) is 5.87. The average Bonchev–Trinajstić information content (AvgIpc) is 2.96. The fourth-order valence-corrected chi connectivity index (χ4v) is 3.39. The molecule has 0 aromatic heterocycles. The van der Waals surface area contributed by atoms with Gasteiger partial charge in [-0.05, 0) is 51.3 Å². The molecule has 0 amide bonds. The third kappa shape index (κ3) is 2.46. The van der Waals surface area contributed by atoms with Gasteiger partial charge in [-0.15, -0.1) is 0 Å². The molecule has 2 rings (SSSR count). The van der Waals surface area contributed by atoms with Crippen LogP contribution in [-0.2, 0) is 0 Å². The molecule has 1 heterocycles. The van der Waals surface area contributed by atoms with Crippen LogP contribution < -0.4 is 0 Å². The number of carbonyl (C=O) groups is 1. The molecule has 19 heavy (non-hydrogen) atoms. The molecule has 0 N–H and O–H groups in total. The van der Waals surface area contributed by atoms with Gasteiger partial charge in [-0.1, -0.05) is 38.1 Å². The summed E-state index contributed by atoms with van der Waals surface area (Å²) in [6.45, 7) is 8.47. The van der Waals surface area contributed by atoms with Crippen molar-refractivity contribution in [1.29, 1.82) is 0 Å². The highest BCUT2D eigenvalue weighted by atomic mass is 16.1. The quantitative estimate of drug-likeness (QED) is 0.749. The van der Waals surface area contributed by atoms with Gasteiger partial charge in [0.25, 0.3) is 0 Å². The zero-order valence-electron chi connectivity index (χ0n) is 12.4. The Hall–Kier alpha value is -1.15. The maximum atomic E-state index is 13.1. The van der Waals surface area contributed by atoms with E-state index in [4.69, 9.17) is 0 Å². The Morgan fingerprint density at radius 2 is 1.74 bits per heavy atom. The Morgan fingerprint density at radius 1 is 1.16 bits per heavy atom. The van der Waals surface area contributed by atoms with E-state index in [-0.39, 0.29) is 5.54 Å². The lowest BCUT2D eigenvalue weighted by atomic mass is 9.81. The summed E-state index contributed by atoms with van der Waals surface area (Å²) in [7, 11) is 0. The van der Waals surface area contributed by atoms with Gasteiger partial charge in [0.2, 0.25) is 0 Å². The van der Waals surface area contributed by atoms with Gasteiger partial charge >= 0.3 is 0 Å². The maximum Gasteiger partial charge on any atom is 0.183 e. The van der Waals surface area contributed by atoms with Gasteiger partial charge in [-0.3, -0.25) is 9.69 Å². The predicted octanol–water partition coefficient (Wildman–Crippen LogP) is 3.83. The Kier molecular flexibility index (Phi) is 4.41. The minimum Gasteiger partial charge on any atom is -0.292 e. The number of carbonyl (C=O) groups excluding carboxylic acids is 1. The fourth-order valence-electron chi connectivity index (χ4n) is 3.39. The molecule has 1 aliphatic heterocycles. The highest BCUT2D eigenvalue weighted by molar-refractivity contribution is 6.04. The van der Waals surface area contributed by atoms with E-state index >= 15 is 0 Å². The number of benzene rings is 1. The van der Waals surface area contributed by atoms with E-state index in [1.54, 1.807) is 0 Å². The highest BCUT2D eigenvalue weighted by Crippen LogP contribution is 2.32. The van der Waals surface area contributed by atoms with Crippen molar-refractivity contribution in [3.8, 4) is 0 Å². The molecule has 0 saturated carbocycles. The third-order valence-electron chi connectivity index (χ3n) is 4.69. The number of likely N-dealkylation sites (tertiary alicyclic amines) is 1. The van der Waals surface area contributed by atoms with Crippen molar-refractivity contribution in [1.82, 2.24) is 4.90 Å². The normalized spacial score (nSPS) is 16.8. The summed E-state index contributed by atoms with van der Waals surface area (Å²) in [5.41, 5.74) is 1.71. The predicted molar refractivity (Wildman–Crippen MR) is 79.6 cm³/mol. The van der Waals surface area contributed by atoms with Crippen LogP contribution in [0.5, 0.6) is 0 Å². The van der Waals surface area contributed by atoms with Gasteiger partial charge in [0.15, 0.2) is 5.78 Å². The summed E-state index contributed by atoms with van der Waals surface area (Å²) in [6.07, 6.45) is 4.25. The lowest BCUT2D eigenvalue weighted by Gasteiger charge is -2.39. The van der Waals surface area contributed by atoms with Crippen LogP contribution in [0.25, 0.3) is 0 Å². The molecule has 0 aliphatic carbocycles. The van der Waals surface area contributed by atoms with Gasteiger partial charge in [0, 0.05) is 5.56 Å². The van der Waals surface area contributed by atoms with Crippen molar-refractivity contribution < 1.29 is 4.79 Å². The van der Waals surface area contributed by atoms with Crippen LogP contribution in [0.4, 0.5) is 0 Å². The summed E-state index contributed by atoms with van der Waals surface area (Å²) < 4.78 is 0. The topological polar surface area (TPSA) is 20.3 Å². The van der Waals surface area contributed by atoms with Crippen molar-refractivity contribution in [2.24, 2.45) is 0 Å². The average molecular weight is 259 g/mol. The first kappa shape index (κ1) is 14.3. The molecule has 0 unspecified atom stereocenters. The van der Waals surface area contributed by atoms with Crippen molar-refractivity contribution in [2.75, 3.05) is 13.1 Å². The fraction of sp³-hybridized carbons (Fsp3) is 0.588. The van der Waals surface area contributed by atoms with Gasteiger partial charge in [0.05, 0.1) is 5.54 Å². The van der Waals surface area contributed by atoms with E-state index in [1.165, 1.54) is 12.8 Å². The number of hydrogen-bond acceptors (Lipinski definition) is 2. The van der Waals surface area contributed by atoms with E-state index in [2.05, 4.69) is 18.7 Å². The molecular formula is C17H25NO. The van der Waals surface area contributed by atoms with E-state index in [0.29, 0.717) is 5.78 Å². The zero-order chi connectivity index (χ0) is 13.9. The molecule has 1 aliphatic rings. The number of aryl methyl sites for hydroxylation is 1. The summed E-state index contributed by atoms with van der Waals surface area (Å²) in [5.74, 6) is 0.317. The Labute approximate surface area is 116 Å². The Balaban J connectivity index is 2.38. The summed E-state index contributed by atoms with van der Waals surface area (Å²) >= 11 is 0. The van der Waals surface area contributed by atoms with E-state index in [9.17, 15) is 4.79 Å². The molecular weight excluding hydrogens is 234 g/mol. The van der Waals surface area contributed by atoms with E-state index in [1.807, 2.05) is 31.2 Å². The molecule has 1 saturated heterocycles. The Morgan fingerprint density at radius 3 is 2.26 bits per heavy atom. The third-order valence-corrected chi connectivity index (χ3v) is 4.69. The van der Waals surface area contributed by atoms with Gasteiger partial charge in [-0.25, -0.2) is 0 Å². The molecule has 0 spiro atoms. The Bertz CT molecular complexity index is 442. The lowest BCUT2D eigenvalue weighted by molar-refractivity contribution is 0.0581. The highest BCUT2D eigenvalue weighted by Gasteiger charge is 2.42. The van der Waals surface area contributed by atoms with Crippen LogP contribution in [0.15, 0.2) is 24.3 Å². The van der Waals surface area contributed by atoms with Crippen LogP contribution >= 0.6 is 0 Å². The van der Waals surface area contributed by atoms with Crippen molar-refractivity contribution in [3.63, 3.8) is 0 Å². The number of rotatable bonds is 5. The second-order valence-electron chi connectivity index (χ2n) is 5.58. The number of nitrogens with zero attached hydrogens (tertiary/aromatic N) is 1. The minimum atomic E-state index is -0.289. The first-order valence-electron chi connectivity index (χ1n) is 7.51. The van der Waals surface area contributed by atoms with E-state index in [0.717, 1.165) is 37.1 Å². The number of Topliss-reactive ketones (excluding diaryl/α,β-unsaturated/α-hetero) is 1. The molecule has 0 atom stereocenters. The van der Waals surface area contributed by atoms with Crippen LogP contribution in [0, 0.1) is 6.92 Å². The van der Waals surface area contributed by atoms with Crippen LogP contribution in [0.2, 0.25) is 0 Å². The largest absolute Gasteiger partial charge is 0.292 e. The maximum absolute atomic E-state index is 13.1. The van der Waals surface area contributed by atoms with Crippen LogP contribution in [-0.4, -0.2) is 29.3 Å². The van der Waals surface area contributed by atoms with Crippen molar-refractivity contribution in [3.05, 3.63) is 35.4 Å². The summed E-state index contributed by atoms with van der Waals surface area (Å²) in [4.78, 5) is 15.5. The molecule has 1 aromatic carbocycles. The first-order chi connectivity index (χ1) is 9.15. The molecule has 0 radical (unpaired) electrons. The van der Waals surface area contributed by atoms with Gasteiger partial charge in [0.1, 0.15) is 0 Å².